The Bertz CT molecular complexity index is 1000. The van der Waals surface area contributed by atoms with Gasteiger partial charge in [0.15, 0.2) is 0 Å². The maximum atomic E-state index is 12.6. The molecule has 192 valence electrons. The normalized spacial score (nSPS) is 12.2. The number of Topliss-reactive ketones (excluding diaryl/α,β-unsaturated/α-hetero) is 1. The molecule has 2 rings (SSSR count). The Morgan fingerprint density at radius 1 is 1.17 bits per heavy atom. The number of hydrogen-bond acceptors (Lipinski definition) is 8. The smallest absolute Gasteiger partial charge is 0.308 e. The fourth-order valence-corrected chi connectivity index (χ4v) is 3.85. The molecular weight excluding hydrogens is 444 g/mol. The summed E-state index contributed by atoms with van der Waals surface area (Å²) in [6.07, 6.45) is 4.22. The van der Waals surface area contributed by atoms with E-state index in [1.165, 1.54) is 0 Å². The largest absolute Gasteiger partial charge is 0.496 e. The highest BCUT2D eigenvalue weighted by Crippen LogP contribution is 2.28. The lowest BCUT2D eigenvalue weighted by Gasteiger charge is -2.25. The van der Waals surface area contributed by atoms with E-state index in [1.807, 2.05) is 45.0 Å². The monoisotopic (exact) mass is 484 g/mol. The quantitative estimate of drug-likeness (QED) is 0.386. The fourth-order valence-electron chi connectivity index (χ4n) is 3.85. The average molecular weight is 485 g/mol. The van der Waals surface area contributed by atoms with Crippen LogP contribution in [0.3, 0.4) is 0 Å². The molecule has 1 atom stereocenters. The van der Waals surface area contributed by atoms with Crippen molar-refractivity contribution < 1.29 is 19.1 Å². The summed E-state index contributed by atoms with van der Waals surface area (Å²) in [4.78, 5) is 33.3. The number of hydrogen-bond donors (Lipinski definition) is 2. The second-order valence-electron chi connectivity index (χ2n) is 9.82. The van der Waals surface area contributed by atoms with E-state index >= 15 is 0 Å². The van der Waals surface area contributed by atoms with Crippen LogP contribution >= 0.6 is 0 Å². The SMILES string of the molecule is CCCC[C@@H](CC(=O)OC(C)(C)C)Nc1nc(N)nc(CCC(C)=O)c1Cc1ccccc1OC. The summed E-state index contributed by atoms with van der Waals surface area (Å²) >= 11 is 0. The van der Waals surface area contributed by atoms with Crippen LogP contribution in [0.15, 0.2) is 24.3 Å². The third-order valence-corrected chi connectivity index (χ3v) is 5.46. The van der Waals surface area contributed by atoms with Gasteiger partial charge in [0.05, 0.1) is 19.2 Å². The number of carbonyl (C=O) groups is 2. The van der Waals surface area contributed by atoms with Crippen LogP contribution in [0, 0.1) is 0 Å². The summed E-state index contributed by atoms with van der Waals surface area (Å²) in [6.45, 7) is 9.25. The van der Waals surface area contributed by atoms with Crippen molar-refractivity contribution in [3.8, 4) is 5.75 Å². The highest BCUT2D eigenvalue weighted by molar-refractivity contribution is 5.76. The Balaban J connectivity index is 2.46. The van der Waals surface area contributed by atoms with Gasteiger partial charge < -0.3 is 25.3 Å². The molecule has 0 unspecified atom stereocenters. The van der Waals surface area contributed by atoms with E-state index in [0.717, 1.165) is 36.1 Å². The molecule has 1 aromatic heterocycles. The standard InChI is InChI=1S/C27H40N4O4/c1-7-8-12-20(17-24(33)35-27(3,4)5)29-25-21(16-19-11-9-10-13-23(19)34-6)22(15-14-18(2)32)30-26(28)31-25/h9-11,13,20H,7-8,12,14-17H2,1-6H3,(H3,28,29,30,31)/t20-/m0/s1. The zero-order valence-corrected chi connectivity index (χ0v) is 21.9. The minimum atomic E-state index is -0.555. The van der Waals surface area contributed by atoms with Crippen molar-refractivity contribution in [3.63, 3.8) is 0 Å². The van der Waals surface area contributed by atoms with Crippen molar-refractivity contribution in [1.82, 2.24) is 9.97 Å². The number of unbranched alkanes of at least 4 members (excludes halogenated alkanes) is 1. The fraction of sp³-hybridized carbons (Fsp3) is 0.556. The number of nitrogens with zero attached hydrogens (tertiary/aromatic N) is 2. The third kappa shape index (κ3) is 9.54. The molecular formula is C27H40N4O4. The molecule has 0 amide bonds. The Morgan fingerprint density at radius 3 is 2.51 bits per heavy atom. The summed E-state index contributed by atoms with van der Waals surface area (Å²) in [7, 11) is 1.63. The lowest BCUT2D eigenvalue weighted by atomic mass is 9.99. The zero-order chi connectivity index (χ0) is 26.0. The number of anilines is 2. The van der Waals surface area contributed by atoms with Crippen molar-refractivity contribution in [2.75, 3.05) is 18.2 Å². The second kappa shape index (κ2) is 13.1. The first-order valence-corrected chi connectivity index (χ1v) is 12.3. The number of nitrogen functional groups attached to an aromatic ring is 1. The van der Waals surface area contributed by atoms with Crippen LogP contribution in [-0.2, 0) is 27.2 Å². The molecule has 8 heteroatoms. The van der Waals surface area contributed by atoms with Gasteiger partial charge in [-0.2, -0.15) is 4.98 Å². The predicted molar refractivity (Wildman–Crippen MR) is 139 cm³/mol. The summed E-state index contributed by atoms with van der Waals surface area (Å²) in [5.74, 6) is 1.26. The first-order chi connectivity index (χ1) is 16.5. The molecule has 0 bridgehead atoms. The van der Waals surface area contributed by atoms with Crippen LogP contribution in [0.1, 0.15) is 83.5 Å². The number of carbonyl (C=O) groups excluding carboxylic acids is 2. The number of para-hydroxylation sites is 1. The van der Waals surface area contributed by atoms with Crippen LogP contribution in [0.25, 0.3) is 0 Å². The van der Waals surface area contributed by atoms with Crippen molar-refractivity contribution >= 4 is 23.5 Å². The summed E-state index contributed by atoms with van der Waals surface area (Å²) in [5, 5.41) is 3.47. The van der Waals surface area contributed by atoms with Crippen LogP contribution in [0.4, 0.5) is 11.8 Å². The molecule has 2 aromatic rings. The first-order valence-electron chi connectivity index (χ1n) is 12.3. The van der Waals surface area contributed by atoms with Gasteiger partial charge in [-0.3, -0.25) is 4.79 Å². The Morgan fingerprint density at radius 2 is 1.89 bits per heavy atom. The molecule has 1 aromatic carbocycles. The van der Waals surface area contributed by atoms with Gasteiger partial charge >= 0.3 is 5.97 Å². The van der Waals surface area contributed by atoms with Gasteiger partial charge in [0.25, 0.3) is 0 Å². The Hall–Kier alpha value is -3.16. The minimum absolute atomic E-state index is 0.0747. The number of nitrogens with one attached hydrogen (secondary N) is 1. The Kier molecular flexibility index (Phi) is 10.5. The van der Waals surface area contributed by atoms with E-state index in [1.54, 1.807) is 14.0 Å². The van der Waals surface area contributed by atoms with Gasteiger partial charge in [0, 0.05) is 24.4 Å². The lowest BCUT2D eigenvalue weighted by molar-refractivity contribution is -0.155. The molecule has 0 spiro atoms. The van der Waals surface area contributed by atoms with Crippen molar-refractivity contribution in [3.05, 3.63) is 41.1 Å². The van der Waals surface area contributed by atoms with E-state index in [2.05, 4.69) is 22.2 Å². The van der Waals surface area contributed by atoms with Crippen LogP contribution in [-0.4, -0.2) is 40.5 Å². The molecule has 0 saturated heterocycles. The van der Waals surface area contributed by atoms with Gasteiger partial charge in [0.1, 0.15) is 23.0 Å². The lowest BCUT2D eigenvalue weighted by Crippen LogP contribution is -2.30. The number of benzene rings is 1. The molecule has 0 saturated carbocycles. The summed E-state index contributed by atoms with van der Waals surface area (Å²) < 4.78 is 11.1. The van der Waals surface area contributed by atoms with Crippen LogP contribution in [0.2, 0.25) is 0 Å². The molecule has 3 N–H and O–H groups in total. The number of nitrogens with two attached hydrogens (primary N) is 1. The van der Waals surface area contributed by atoms with Gasteiger partial charge in [-0.05, 0) is 52.2 Å². The topological polar surface area (TPSA) is 116 Å². The number of rotatable bonds is 13. The van der Waals surface area contributed by atoms with E-state index in [9.17, 15) is 9.59 Å². The molecule has 1 heterocycles. The summed E-state index contributed by atoms with van der Waals surface area (Å²) in [5.41, 5.74) is 8.05. The van der Waals surface area contributed by atoms with E-state index < -0.39 is 5.60 Å². The maximum Gasteiger partial charge on any atom is 0.308 e. The molecule has 0 aliphatic carbocycles. The van der Waals surface area contributed by atoms with Gasteiger partial charge in [0.2, 0.25) is 5.95 Å². The van der Waals surface area contributed by atoms with E-state index in [4.69, 9.17) is 15.2 Å². The number of aryl methyl sites for hydroxylation is 1. The number of aromatic nitrogens is 2. The maximum absolute atomic E-state index is 12.6. The van der Waals surface area contributed by atoms with Crippen LogP contribution in [0.5, 0.6) is 5.75 Å². The van der Waals surface area contributed by atoms with Gasteiger partial charge in [-0.25, -0.2) is 4.98 Å². The third-order valence-electron chi connectivity index (χ3n) is 5.46. The number of ketones is 1. The van der Waals surface area contributed by atoms with Gasteiger partial charge in [-0.1, -0.05) is 38.0 Å². The summed E-state index contributed by atoms with van der Waals surface area (Å²) in [6, 6.07) is 7.58. The number of ether oxygens (including phenoxy) is 2. The van der Waals surface area contributed by atoms with Crippen LogP contribution < -0.4 is 15.8 Å². The molecule has 8 nitrogen and oxygen atoms in total. The highest BCUT2D eigenvalue weighted by atomic mass is 16.6. The van der Waals surface area contributed by atoms with Crippen molar-refractivity contribution in [1.29, 1.82) is 0 Å². The molecule has 35 heavy (non-hydrogen) atoms. The second-order valence-corrected chi connectivity index (χ2v) is 9.82. The zero-order valence-electron chi connectivity index (χ0n) is 21.9. The Labute approximate surface area is 209 Å². The predicted octanol–water partition coefficient (Wildman–Crippen LogP) is 4.88. The van der Waals surface area contributed by atoms with Crippen molar-refractivity contribution in [2.24, 2.45) is 0 Å². The first kappa shape index (κ1) is 28.1. The number of esters is 1. The van der Waals surface area contributed by atoms with E-state index in [-0.39, 0.29) is 30.2 Å². The molecule has 0 radical (unpaired) electrons. The molecule has 0 fully saturated rings. The number of methoxy groups -OCH3 is 1. The minimum Gasteiger partial charge on any atom is -0.496 e. The van der Waals surface area contributed by atoms with Crippen molar-refractivity contribution in [2.45, 2.75) is 91.2 Å². The average Bonchev–Trinajstić information content (AvgIpc) is 2.76. The molecule has 0 aliphatic rings. The molecule has 0 aliphatic heterocycles. The highest BCUT2D eigenvalue weighted by Gasteiger charge is 2.23. The van der Waals surface area contributed by atoms with Gasteiger partial charge in [-0.15, -0.1) is 0 Å². The van der Waals surface area contributed by atoms with E-state index in [0.29, 0.717) is 30.8 Å².